The quantitative estimate of drug-likeness (QED) is 0.472. The van der Waals surface area contributed by atoms with Crippen molar-refractivity contribution in [3.05, 3.63) is 99.8 Å². The standard InChI is InChI=1S/C23H16ClN3O2S/c24-18-12-6-4-10-16(18)23-26(20(28)14-30-23)27-21(15-8-2-1-3-9-15)25-19-13-7-5-11-17(19)22(27)29/h1-13,23H,14H2. The smallest absolute Gasteiger partial charge is 0.272 e. The van der Waals surface area contributed by atoms with Crippen LogP contribution in [-0.2, 0) is 4.79 Å². The van der Waals surface area contributed by atoms with Crippen molar-refractivity contribution < 1.29 is 4.79 Å². The first-order valence-corrected chi connectivity index (χ1v) is 10.8. The molecule has 5 nitrogen and oxygen atoms in total. The number of amides is 1. The zero-order valence-electron chi connectivity index (χ0n) is 15.7. The van der Waals surface area contributed by atoms with Gasteiger partial charge in [0.2, 0.25) is 0 Å². The molecule has 4 aromatic rings. The first kappa shape index (κ1) is 18.9. The lowest BCUT2D eigenvalue weighted by atomic mass is 10.2. The fourth-order valence-corrected chi connectivity index (χ4v) is 5.10. The van der Waals surface area contributed by atoms with Crippen LogP contribution in [0.25, 0.3) is 22.3 Å². The van der Waals surface area contributed by atoms with Crippen molar-refractivity contribution in [2.75, 3.05) is 10.8 Å². The molecule has 1 aliphatic rings. The van der Waals surface area contributed by atoms with E-state index in [0.29, 0.717) is 21.7 Å². The van der Waals surface area contributed by atoms with Crippen LogP contribution in [0.15, 0.2) is 83.7 Å². The first-order valence-electron chi connectivity index (χ1n) is 9.41. The van der Waals surface area contributed by atoms with Gasteiger partial charge in [-0.15, -0.1) is 11.8 Å². The zero-order chi connectivity index (χ0) is 20.7. The van der Waals surface area contributed by atoms with Crippen LogP contribution in [0.2, 0.25) is 5.02 Å². The number of thioether (sulfide) groups is 1. The van der Waals surface area contributed by atoms with Gasteiger partial charge in [-0.3, -0.25) is 9.59 Å². The predicted octanol–water partition coefficient (Wildman–Crippen LogP) is 4.63. The number of hydrogen-bond donors (Lipinski definition) is 0. The number of carbonyl (C=O) groups excluding carboxylic acids is 1. The molecule has 1 saturated heterocycles. The SMILES string of the molecule is O=C1CSC(c2ccccc2Cl)N1n1c(-c2ccccc2)nc2ccccc2c1=O. The van der Waals surface area contributed by atoms with Gasteiger partial charge in [-0.25, -0.2) is 9.99 Å². The molecular weight excluding hydrogens is 418 g/mol. The van der Waals surface area contributed by atoms with Crippen LogP contribution >= 0.6 is 23.4 Å². The monoisotopic (exact) mass is 433 g/mol. The van der Waals surface area contributed by atoms with Crippen molar-refractivity contribution in [1.82, 2.24) is 9.66 Å². The number of hydrogen-bond acceptors (Lipinski definition) is 4. The van der Waals surface area contributed by atoms with E-state index in [1.807, 2.05) is 54.6 Å². The molecule has 7 heteroatoms. The Morgan fingerprint density at radius 3 is 2.40 bits per heavy atom. The molecule has 30 heavy (non-hydrogen) atoms. The lowest BCUT2D eigenvalue weighted by molar-refractivity contribution is -0.117. The fourth-order valence-electron chi connectivity index (χ4n) is 3.63. The third kappa shape index (κ3) is 3.09. The largest absolute Gasteiger partial charge is 0.280 e. The summed E-state index contributed by atoms with van der Waals surface area (Å²) in [6.45, 7) is 0. The van der Waals surface area contributed by atoms with E-state index in [-0.39, 0.29) is 17.2 Å². The third-order valence-electron chi connectivity index (χ3n) is 5.01. The van der Waals surface area contributed by atoms with Crippen LogP contribution in [0.5, 0.6) is 0 Å². The summed E-state index contributed by atoms with van der Waals surface area (Å²) in [6, 6.07) is 24.0. The molecule has 0 radical (unpaired) electrons. The van der Waals surface area contributed by atoms with E-state index < -0.39 is 5.37 Å². The maximum atomic E-state index is 13.6. The van der Waals surface area contributed by atoms with E-state index in [0.717, 1.165) is 11.1 Å². The van der Waals surface area contributed by atoms with E-state index in [1.165, 1.54) is 21.4 Å². The number of fused-ring (bicyclic) bond motifs is 1. The number of para-hydroxylation sites is 1. The molecule has 0 spiro atoms. The maximum Gasteiger partial charge on any atom is 0.280 e. The van der Waals surface area contributed by atoms with Gasteiger partial charge >= 0.3 is 0 Å². The summed E-state index contributed by atoms with van der Waals surface area (Å²) in [4.78, 5) is 31.4. The van der Waals surface area contributed by atoms with Crippen molar-refractivity contribution in [3.8, 4) is 11.4 Å². The second-order valence-electron chi connectivity index (χ2n) is 6.86. The van der Waals surface area contributed by atoms with Crippen molar-refractivity contribution in [2.45, 2.75) is 5.37 Å². The molecule has 1 amide bonds. The predicted molar refractivity (Wildman–Crippen MR) is 121 cm³/mol. The summed E-state index contributed by atoms with van der Waals surface area (Å²) in [5, 5.41) is 2.09. The minimum atomic E-state index is -0.422. The minimum absolute atomic E-state index is 0.165. The van der Waals surface area contributed by atoms with Crippen molar-refractivity contribution >= 4 is 40.2 Å². The summed E-state index contributed by atoms with van der Waals surface area (Å²) in [5.41, 5.74) is 1.84. The lowest BCUT2D eigenvalue weighted by Gasteiger charge is -2.28. The minimum Gasteiger partial charge on any atom is -0.272 e. The molecule has 2 heterocycles. The Kier molecular flexibility index (Phi) is 4.81. The van der Waals surface area contributed by atoms with Gasteiger partial charge < -0.3 is 0 Å². The van der Waals surface area contributed by atoms with E-state index in [2.05, 4.69) is 0 Å². The molecule has 1 unspecified atom stereocenters. The van der Waals surface area contributed by atoms with Crippen molar-refractivity contribution in [2.24, 2.45) is 0 Å². The topological polar surface area (TPSA) is 55.2 Å². The molecule has 0 bridgehead atoms. The highest BCUT2D eigenvalue weighted by Crippen LogP contribution is 2.40. The molecule has 0 N–H and O–H groups in total. The Morgan fingerprint density at radius 2 is 1.60 bits per heavy atom. The number of halogens is 1. The number of nitrogens with zero attached hydrogens (tertiary/aromatic N) is 3. The third-order valence-corrected chi connectivity index (χ3v) is 6.54. The summed E-state index contributed by atoms with van der Waals surface area (Å²) >= 11 is 7.89. The van der Waals surface area contributed by atoms with Crippen molar-refractivity contribution in [3.63, 3.8) is 0 Å². The van der Waals surface area contributed by atoms with Crippen LogP contribution in [0.1, 0.15) is 10.9 Å². The van der Waals surface area contributed by atoms with Gasteiger partial charge in [0.25, 0.3) is 11.5 Å². The van der Waals surface area contributed by atoms with Crippen LogP contribution in [0, 0.1) is 0 Å². The average Bonchev–Trinajstić information content (AvgIpc) is 3.15. The van der Waals surface area contributed by atoms with Crippen LogP contribution in [-0.4, -0.2) is 21.3 Å². The highest BCUT2D eigenvalue weighted by molar-refractivity contribution is 8.00. The fraction of sp³-hybridized carbons (Fsp3) is 0.0870. The summed E-state index contributed by atoms with van der Waals surface area (Å²) in [5.74, 6) is 0.511. The highest BCUT2D eigenvalue weighted by atomic mass is 35.5. The van der Waals surface area contributed by atoms with Gasteiger partial charge in [0, 0.05) is 16.1 Å². The first-order chi connectivity index (χ1) is 14.6. The average molecular weight is 434 g/mol. The van der Waals surface area contributed by atoms with Crippen LogP contribution in [0.3, 0.4) is 0 Å². The maximum absolute atomic E-state index is 13.6. The van der Waals surface area contributed by atoms with Gasteiger partial charge in [-0.2, -0.15) is 4.68 Å². The summed E-state index contributed by atoms with van der Waals surface area (Å²) in [7, 11) is 0. The van der Waals surface area contributed by atoms with Gasteiger partial charge in [0.1, 0.15) is 5.37 Å². The van der Waals surface area contributed by atoms with E-state index in [1.54, 1.807) is 24.3 Å². The lowest BCUT2D eigenvalue weighted by Crippen LogP contribution is -2.46. The Balaban J connectivity index is 1.80. The number of benzene rings is 3. The molecule has 1 atom stereocenters. The molecule has 1 fully saturated rings. The van der Waals surface area contributed by atoms with Crippen LogP contribution in [0.4, 0.5) is 0 Å². The Hall–Kier alpha value is -3.09. The van der Waals surface area contributed by atoms with Crippen LogP contribution < -0.4 is 10.6 Å². The molecule has 148 valence electrons. The summed E-state index contributed by atoms with van der Waals surface area (Å²) < 4.78 is 1.41. The van der Waals surface area contributed by atoms with E-state index >= 15 is 0 Å². The van der Waals surface area contributed by atoms with Crippen molar-refractivity contribution in [1.29, 1.82) is 0 Å². The number of rotatable bonds is 3. The summed E-state index contributed by atoms with van der Waals surface area (Å²) in [6.07, 6.45) is 0. The molecule has 0 aliphatic carbocycles. The Bertz CT molecular complexity index is 1320. The van der Waals surface area contributed by atoms with E-state index in [4.69, 9.17) is 16.6 Å². The van der Waals surface area contributed by atoms with Gasteiger partial charge in [0.15, 0.2) is 5.82 Å². The second-order valence-corrected chi connectivity index (χ2v) is 8.33. The number of carbonyl (C=O) groups is 1. The van der Waals surface area contributed by atoms with Gasteiger partial charge in [-0.05, 0) is 18.2 Å². The molecule has 5 rings (SSSR count). The Labute approximate surface area is 181 Å². The molecule has 1 aliphatic heterocycles. The normalized spacial score (nSPS) is 16.4. The van der Waals surface area contributed by atoms with E-state index in [9.17, 15) is 9.59 Å². The van der Waals surface area contributed by atoms with Gasteiger partial charge in [0.05, 0.1) is 16.7 Å². The molecule has 1 aromatic heterocycles. The molecule has 3 aromatic carbocycles. The Morgan fingerprint density at radius 1 is 0.900 bits per heavy atom. The molecular formula is C23H16ClN3O2S. The highest BCUT2D eigenvalue weighted by Gasteiger charge is 2.37. The van der Waals surface area contributed by atoms with Gasteiger partial charge in [-0.1, -0.05) is 72.3 Å². The zero-order valence-corrected chi connectivity index (χ0v) is 17.3. The second kappa shape index (κ2) is 7.63. The molecule has 0 saturated carbocycles. The number of aromatic nitrogens is 2.